The Morgan fingerprint density at radius 3 is 2.11 bits per heavy atom. The van der Waals surface area contributed by atoms with Crippen LogP contribution in [0.4, 0.5) is 0 Å². The number of hydrogen-bond donors (Lipinski definition) is 0. The lowest BCUT2D eigenvalue weighted by Crippen LogP contribution is -2.51. The smallest absolute Gasteiger partial charge is 0.253 e. The first-order valence-corrected chi connectivity index (χ1v) is 8.89. The molecule has 3 rings (SSSR count). The van der Waals surface area contributed by atoms with Crippen LogP contribution in [0.25, 0.3) is 6.08 Å². The highest BCUT2D eigenvalue weighted by atomic mass is 16.2. The standard InChI is InChI=1S/C22H21N3O2/c1-2-17-7-9-20(10-8-17)22(27)25-13-11-24(12-14-25)21(26)15-18-3-5-19(16-23)6-4-18/h2-10H,1,11-15H2. The number of benzene rings is 2. The van der Waals surface area contributed by atoms with Gasteiger partial charge in [-0.2, -0.15) is 5.26 Å². The van der Waals surface area contributed by atoms with E-state index < -0.39 is 0 Å². The van der Waals surface area contributed by atoms with Crippen molar-refractivity contribution in [1.82, 2.24) is 9.80 Å². The molecular formula is C22H21N3O2. The normalized spacial score (nSPS) is 13.7. The highest BCUT2D eigenvalue weighted by Gasteiger charge is 2.24. The summed E-state index contributed by atoms with van der Waals surface area (Å²) in [7, 11) is 0. The van der Waals surface area contributed by atoms with Crippen molar-refractivity contribution in [3.05, 3.63) is 77.4 Å². The Morgan fingerprint density at radius 2 is 1.56 bits per heavy atom. The van der Waals surface area contributed by atoms with E-state index in [0.29, 0.717) is 43.7 Å². The zero-order valence-corrected chi connectivity index (χ0v) is 15.1. The van der Waals surface area contributed by atoms with E-state index in [1.54, 1.807) is 28.0 Å². The molecule has 1 heterocycles. The van der Waals surface area contributed by atoms with Crippen LogP contribution in [-0.4, -0.2) is 47.8 Å². The number of amides is 2. The molecule has 0 aliphatic carbocycles. The SMILES string of the molecule is C=Cc1ccc(C(=O)N2CCN(C(=O)Cc3ccc(C#N)cc3)CC2)cc1. The molecule has 1 aliphatic heterocycles. The van der Waals surface area contributed by atoms with Crippen molar-refractivity contribution < 1.29 is 9.59 Å². The number of nitriles is 1. The van der Waals surface area contributed by atoms with Gasteiger partial charge in [0.2, 0.25) is 5.91 Å². The van der Waals surface area contributed by atoms with Crippen LogP contribution in [0.2, 0.25) is 0 Å². The average molecular weight is 359 g/mol. The fourth-order valence-electron chi connectivity index (χ4n) is 3.09. The third kappa shape index (κ3) is 4.42. The van der Waals surface area contributed by atoms with E-state index in [4.69, 9.17) is 5.26 Å². The van der Waals surface area contributed by atoms with E-state index in [2.05, 4.69) is 12.6 Å². The number of rotatable bonds is 4. The van der Waals surface area contributed by atoms with Gasteiger partial charge in [0.1, 0.15) is 0 Å². The van der Waals surface area contributed by atoms with Crippen LogP contribution in [0.3, 0.4) is 0 Å². The fourth-order valence-corrected chi connectivity index (χ4v) is 3.09. The van der Waals surface area contributed by atoms with Gasteiger partial charge in [0.15, 0.2) is 0 Å². The van der Waals surface area contributed by atoms with E-state index in [-0.39, 0.29) is 11.8 Å². The Bertz CT molecular complexity index is 871. The lowest BCUT2D eigenvalue weighted by Gasteiger charge is -2.35. The van der Waals surface area contributed by atoms with Crippen LogP contribution in [0, 0.1) is 11.3 Å². The van der Waals surface area contributed by atoms with Crippen LogP contribution >= 0.6 is 0 Å². The van der Waals surface area contributed by atoms with Gasteiger partial charge in [-0.3, -0.25) is 9.59 Å². The molecule has 0 atom stereocenters. The van der Waals surface area contributed by atoms with Crippen molar-refractivity contribution in [2.45, 2.75) is 6.42 Å². The molecule has 1 saturated heterocycles. The first-order valence-electron chi connectivity index (χ1n) is 8.89. The molecule has 1 aliphatic rings. The number of hydrogen-bond acceptors (Lipinski definition) is 3. The predicted molar refractivity (Wildman–Crippen MR) is 104 cm³/mol. The maximum absolute atomic E-state index is 12.6. The summed E-state index contributed by atoms with van der Waals surface area (Å²) in [4.78, 5) is 28.7. The van der Waals surface area contributed by atoms with Crippen molar-refractivity contribution in [2.75, 3.05) is 26.2 Å². The van der Waals surface area contributed by atoms with Crippen molar-refractivity contribution in [1.29, 1.82) is 5.26 Å². The van der Waals surface area contributed by atoms with Gasteiger partial charge >= 0.3 is 0 Å². The average Bonchev–Trinajstić information content (AvgIpc) is 2.74. The molecule has 0 N–H and O–H groups in total. The minimum absolute atomic E-state index is 0.00944. The summed E-state index contributed by atoms with van der Waals surface area (Å²) in [6.45, 7) is 5.84. The second-order valence-electron chi connectivity index (χ2n) is 6.48. The minimum atomic E-state index is -0.00944. The van der Waals surface area contributed by atoms with Gasteiger partial charge in [-0.1, -0.05) is 36.9 Å². The highest BCUT2D eigenvalue weighted by Crippen LogP contribution is 2.12. The Morgan fingerprint density at radius 1 is 0.963 bits per heavy atom. The summed E-state index contributed by atoms with van der Waals surface area (Å²) in [6, 6.07) is 16.5. The van der Waals surface area contributed by atoms with E-state index in [1.165, 1.54) is 0 Å². The second kappa shape index (κ2) is 8.33. The molecule has 2 aromatic carbocycles. The van der Waals surface area contributed by atoms with E-state index in [1.807, 2.05) is 36.4 Å². The molecule has 5 heteroatoms. The van der Waals surface area contributed by atoms with E-state index in [0.717, 1.165) is 11.1 Å². The zero-order valence-electron chi connectivity index (χ0n) is 15.1. The van der Waals surface area contributed by atoms with E-state index >= 15 is 0 Å². The third-order valence-electron chi connectivity index (χ3n) is 4.75. The monoisotopic (exact) mass is 359 g/mol. The van der Waals surface area contributed by atoms with Gasteiger partial charge in [0.05, 0.1) is 18.1 Å². The lowest BCUT2D eigenvalue weighted by molar-refractivity contribution is -0.131. The quantitative estimate of drug-likeness (QED) is 0.843. The van der Waals surface area contributed by atoms with Crippen LogP contribution < -0.4 is 0 Å². The Labute approximate surface area is 159 Å². The van der Waals surface area contributed by atoms with Crippen molar-refractivity contribution in [2.24, 2.45) is 0 Å². The summed E-state index contributed by atoms with van der Waals surface area (Å²) in [5.41, 5.74) is 3.10. The maximum atomic E-state index is 12.6. The first-order chi connectivity index (χ1) is 13.1. The Balaban J connectivity index is 1.54. The molecule has 1 fully saturated rings. The maximum Gasteiger partial charge on any atom is 0.253 e. The Kier molecular flexibility index (Phi) is 5.68. The molecule has 2 amide bonds. The van der Waals surface area contributed by atoms with Gasteiger partial charge in [-0.05, 0) is 35.4 Å². The molecule has 0 spiro atoms. The van der Waals surface area contributed by atoms with Crippen molar-refractivity contribution >= 4 is 17.9 Å². The molecule has 136 valence electrons. The molecule has 5 nitrogen and oxygen atoms in total. The highest BCUT2D eigenvalue weighted by molar-refractivity contribution is 5.94. The van der Waals surface area contributed by atoms with Gasteiger partial charge in [-0.15, -0.1) is 0 Å². The first kappa shape index (κ1) is 18.4. The summed E-state index contributed by atoms with van der Waals surface area (Å²) < 4.78 is 0. The molecule has 0 bridgehead atoms. The molecule has 0 radical (unpaired) electrons. The molecule has 0 aromatic heterocycles. The Hall–Kier alpha value is -3.39. The fraction of sp³-hybridized carbons (Fsp3) is 0.227. The minimum Gasteiger partial charge on any atom is -0.339 e. The van der Waals surface area contributed by atoms with E-state index in [9.17, 15) is 9.59 Å². The predicted octanol–water partition coefficient (Wildman–Crippen LogP) is 2.73. The number of nitrogens with zero attached hydrogens (tertiary/aromatic N) is 3. The third-order valence-corrected chi connectivity index (χ3v) is 4.75. The number of piperazine rings is 1. The molecule has 27 heavy (non-hydrogen) atoms. The summed E-state index contributed by atoms with van der Waals surface area (Å²) in [5.74, 6) is 0.0342. The van der Waals surface area contributed by atoms with Crippen LogP contribution in [0.15, 0.2) is 55.1 Å². The summed E-state index contributed by atoms with van der Waals surface area (Å²) in [5, 5.41) is 8.83. The van der Waals surface area contributed by atoms with Gasteiger partial charge in [-0.25, -0.2) is 0 Å². The van der Waals surface area contributed by atoms with Crippen LogP contribution in [0.5, 0.6) is 0 Å². The van der Waals surface area contributed by atoms with Crippen molar-refractivity contribution in [3.63, 3.8) is 0 Å². The number of carbonyl (C=O) groups excluding carboxylic acids is 2. The van der Waals surface area contributed by atoms with Crippen LogP contribution in [-0.2, 0) is 11.2 Å². The van der Waals surface area contributed by atoms with Gasteiger partial charge in [0.25, 0.3) is 5.91 Å². The molecule has 0 saturated carbocycles. The molecule has 2 aromatic rings. The molecular weight excluding hydrogens is 338 g/mol. The zero-order chi connectivity index (χ0) is 19.2. The largest absolute Gasteiger partial charge is 0.339 e. The lowest BCUT2D eigenvalue weighted by atomic mass is 10.1. The summed E-state index contributed by atoms with van der Waals surface area (Å²) in [6.07, 6.45) is 2.05. The topological polar surface area (TPSA) is 64.4 Å². The van der Waals surface area contributed by atoms with Crippen molar-refractivity contribution in [3.8, 4) is 6.07 Å². The van der Waals surface area contributed by atoms with Gasteiger partial charge in [0, 0.05) is 31.7 Å². The summed E-state index contributed by atoms with van der Waals surface area (Å²) >= 11 is 0. The second-order valence-corrected chi connectivity index (χ2v) is 6.48. The molecule has 0 unspecified atom stereocenters. The number of carbonyl (C=O) groups is 2. The van der Waals surface area contributed by atoms with Gasteiger partial charge < -0.3 is 9.80 Å². The van der Waals surface area contributed by atoms with Crippen LogP contribution in [0.1, 0.15) is 27.0 Å².